The molecule has 21 heavy (non-hydrogen) atoms. The number of aromatic nitrogens is 3. The fourth-order valence-electron chi connectivity index (χ4n) is 1.69. The molecular formula is C12H12FN5O3. The summed E-state index contributed by atoms with van der Waals surface area (Å²) in [7, 11) is 0. The molecule has 0 aliphatic carbocycles. The lowest BCUT2D eigenvalue weighted by Crippen LogP contribution is -2.15. The lowest BCUT2D eigenvalue weighted by molar-refractivity contribution is -0.384. The first-order chi connectivity index (χ1) is 10.0. The smallest absolute Gasteiger partial charge is 0.295 e. The van der Waals surface area contributed by atoms with Crippen LogP contribution in [0.4, 0.5) is 15.8 Å². The first-order valence-corrected chi connectivity index (χ1v) is 6.17. The quantitative estimate of drug-likeness (QED) is 0.647. The van der Waals surface area contributed by atoms with Crippen LogP contribution >= 0.6 is 0 Å². The van der Waals surface area contributed by atoms with Crippen molar-refractivity contribution in [3.8, 4) is 0 Å². The number of anilines is 1. The van der Waals surface area contributed by atoms with Crippen LogP contribution in [0.3, 0.4) is 0 Å². The molecule has 1 aromatic carbocycles. The van der Waals surface area contributed by atoms with Crippen molar-refractivity contribution in [3.63, 3.8) is 0 Å². The number of amides is 1. The van der Waals surface area contributed by atoms with Crippen molar-refractivity contribution in [2.45, 2.75) is 19.8 Å². The van der Waals surface area contributed by atoms with Crippen molar-refractivity contribution in [3.05, 3.63) is 45.8 Å². The van der Waals surface area contributed by atoms with Gasteiger partial charge in [0.2, 0.25) is 5.82 Å². The molecule has 1 aromatic heterocycles. The number of carbonyl (C=O) groups is 1. The third-order valence-corrected chi connectivity index (χ3v) is 2.63. The van der Waals surface area contributed by atoms with E-state index in [1.165, 1.54) is 0 Å². The summed E-state index contributed by atoms with van der Waals surface area (Å²) in [5, 5.41) is 19.4. The second-order valence-electron chi connectivity index (χ2n) is 4.23. The monoisotopic (exact) mass is 293 g/mol. The minimum Gasteiger partial charge on any atom is -0.313 e. The van der Waals surface area contributed by atoms with E-state index in [4.69, 9.17) is 0 Å². The van der Waals surface area contributed by atoms with Crippen LogP contribution in [0.25, 0.3) is 0 Å². The van der Waals surface area contributed by atoms with Gasteiger partial charge in [-0.15, -0.1) is 5.10 Å². The molecule has 9 heteroatoms. The number of H-pyrrole nitrogens is 1. The summed E-state index contributed by atoms with van der Waals surface area (Å²) in [5.74, 6) is -1.06. The summed E-state index contributed by atoms with van der Waals surface area (Å²) in [6.45, 7) is 1.94. The van der Waals surface area contributed by atoms with Gasteiger partial charge in [0, 0.05) is 18.6 Å². The largest absolute Gasteiger partial charge is 0.313 e. The number of carbonyl (C=O) groups excluding carboxylic acids is 1. The van der Waals surface area contributed by atoms with Crippen molar-refractivity contribution in [2.24, 2.45) is 0 Å². The SMILES string of the molecule is CCCc1nc(C(=O)Nc2cc(F)ccc2[N+](=O)[O-])n[nH]1. The van der Waals surface area contributed by atoms with Crippen molar-refractivity contribution >= 4 is 17.3 Å². The molecule has 0 saturated heterocycles. The van der Waals surface area contributed by atoms with Gasteiger partial charge >= 0.3 is 0 Å². The second kappa shape index (κ2) is 6.07. The molecule has 8 nitrogen and oxygen atoms in total. The Hall–Kier alpha value is -2.84. The van der Waals surface area contributed by atoms with Gasteiger partial charge in [-0.25, -0.2) is 9.37 Å². The van der Waals surface area contributed by atoms with Crippen molar-refractivity contribution < 1.29 is 14.1 Å². The van der Waals surface area contributed by atoms with Crippen LogP contribution in [-0.2, 0) is 6.42 Å². The average Bonchev–Trinajstić information content (AvgIpc) is 2.87. The predicted octanol–water partition coefficient (Wildman–Crippen LogP) is 2.06. The molecule has 0 radical (unpaired) electrons. The van der Waals surface area contributed by atoms with Crippen LogP contribution in [0.1, 0.15) is 29.8 Å². The van der Waals surface area contributed by atoms with Crippen molar-refractivity contribution in [1.29, 1.82) is 0 Å². The van der Waals surface area contributed by atoms with Crippen molar-refractivity contribution in [2.75, 3.05) is 5.32 Å². The van der Waals surface area contributed by atoms with Crippen LogP contribution in [0, 0.1) is 15.9 Å². The number of aryl methyl sites for hydroxylation is 1. The first kappa shape index (κ1) is 14.6. The van der Waals surface area contributed by atoms with E-state index in [0.717, 1.165) is 24.6 Å². The van der Waals surface area contributed by atoms with Gasteiger partial charge in [-0.05, 0) is 12.5 Å². The molecule has 0 spiro atoms. The molecular weight excluding hydrogens is 281 g/mol. The lowest BCUT2D eigenvalue weighted by atomic mass is 10.2. The zero-order chi connectivity index (χ0) is 15.4. The topological polar surface area (TPSA) is 114 Å². The van der Waals surface area contributed by atoms with Gasteiger partial charge in [0.1, 0.15) is 17.3 Å². The number of nitro groups is 1. The van der Waals surface area contributed by atoms with Gasteiger partial charge < -0.3 is 5.32 Å². The van der Waals surface area contributed by atoms with E-state index >= 15 is 0 Å². The van der Waals surface area contributed by atoms with Crippen molar-refractivity contribution in [1.82, 2.24) is 15.2 Å². The highest BCUT2D eigenvalue weighted by atomic mass is 19.1. The summed E-state index contributed by atoms with van der Waals surface area (Å²) in [6.07, 6.45) is 1.45. The molecule has 110 valence electrons. The summed E-state index contributed by atoms with van der Waals surface area (Å²) < 4.78 is 13.2. The maximum atomic E-state index is 13.2. The van der Waals surface area contributed by atoms with Crippen LogP contribution in [-0.4, -0.2) is 26.0 Å². The maximum Gasteiger partial charge on any atom is 0.295 e. The second-order valence-corrected chi connectivity index (χ2v) is 4.23. The number of nitrogens with zero attached hydrogens (tertiary/aromatic N) is 3. The third-order valence-electron chi connectivity index (χ3n) is 2.63. The molecule has 0 atom stereocenters. The predicted molar refractivity (Wildman–Crippen MR) is 71.4 cm³/mol. The van der Waals surface area contributed by atoms with Gasteiger partial charge in [0.25, 0.3) is 11.6 Å². The molecule has 1 heterocycles. The Morgan fingerprint density at radius 3 is 2.95 bits per heavy atom. The number of hydrogen-bond acceptors (Lipinski definition) is 5. The van der Waals surface area contributed by atoms with E-state index in [1.807, 2.05) is 6.92 Å². The van der Waals surface area contributed by atoms with E-state index in [1.54, 1.807) is 0 Å². The molecule has 0 saturated carbocycles. The number of nitro benzene ring substituents is 1. The standard InChI is InChI=1S/C12H12FN5O3/c1-2-3-10-15-11(17-16-10)12(19)14-8-6-7(13)4-5-9(8)18(20)21/h4-6H,2-3H2,1H3,(H,14,19)(H,15,16,17). The molecule has 0 bridgehead atoms. The zero-order valence-electron chi connectivity index (χ0n) is 11.1. The van der Waals surface area contributed by atoms with Gasteiger partial charge in [-0.3, -0.25) is 20.0 Å². The third kappa shape index (κ3) is 3.38. The Balaban J connectivity index is 2.22. The number of hydrogen-bond donors (Lipinski definition) is 2. The fourth-order valence-corrected chi connectivity index (χ4v) is 1.69. The number of halogens is 1. The molecule has 2 rings (SSSR count). The molecule has 0 unspecified atom stereocenters. The lowest BCUT2D eigenvalue weighted by Gasteiger charge is -2.03. The number of benzene rings is 1. The van der Waals surface area contributed by atoms with E-state index in [0.29, 0.717) is 12.2 Å². The summed E-state index contributed by atoms with van der Waals surface area (Å²) in [5.41, 5.74) is -0.652. The molecule has 2 N–H and O–H groups in total. The molecule has 0 fully saturated rings. The highest BCUT2D eigenvalue weighted by Gasteiger charge is 2.19. The molecule has 0 aliphatic heterocycles. The van der Waals surface area contributed by atoms with E-state index in [2.05, 4.69) is 20.5 Å². The summed E-state index contributed by atoms with van der Waals surface area (Å²) in [4.78, 5) is 26.0. The Kier molecular flexibility index (Phi) is 4.21. The Morgan fingerprint density at radius 2 is 2.29 bits per heavy atom. The molecule has 0 aliphatic rings. The van der Waals surface area contributed by atoms with E-state index in [9.17, 15) is 19.3 Å². The van der Waals surface area contributed by atoms with Gasteiger partial charge in [-0.1, -0.05) is 6.92 Å². The van der Waals surface area contributed by atoms with Gasteiger partial charge in [0.15, 0.2) is 0 Å². The normalized spacial score (nSPS) is 10.4. The summed E-state index contributed by atoms with van der Waals surface area (Å²) in [6, 6.07) is 2.79. The average molecular weight is 293 g/mol. The number of nitrogens with one attached hydrogen (secondary N) is 2. The zero-order valence-corrected chi connectivity index (χ0v) is 11.1. The Morgan fingerprint density at radius 1 is 1.52 bits per heavy atom. The minimum atomic E-state index is -0.748. The number of rotatable bonds is 5. The van der Waals surface area contributed by atoms with Crippen LogP contribution < -0.4 is 5.32 Å². The Labute approximate surface area is 118 Å². The fraction of sp³-hybridized carbons (Fsp3) is 0.250. The highest BCUT2D eigenvalue weighted by Crippen LogP contribution is 2.25. The first-order valence-electron chi connectivity index (χ1n) is 6.17. The van der Waals surface area contributed by atoms with E-state index in [-0.39, 0.29) is 11.5 Å². The number of aromatic amines is 1. The maximum absolute atomic E-state index is 13.2. The van der Waals surface area contributed by atoms with Gasteiger partial charge in [0.05, 0.1) is 4.92 Å². The van der Waals surface area contributed by atoms with Gasteiger partial charge in [-0.2, -0.15) is 0 Å². The summed E-state index contributed by atoms with van der Waals surface area (Å²) >= 11 is 0. The highest BCUT2D eigenvalue weighted by molar-refractivity contribution is 6.02. The van der Waals surface area contributed by atoms with E-state index < -0.39 is 22.3 Å². The molecule has 2 aromatic rings. The van der Waals surface area contributed by atoms with Crippen LogP contribution in [0.2, 0.25) is 0 Å². The van der Waals surface area contributed by atoms with Crippen LogP contribution in [0.5, 0.6) is 0 Å². The minimum absolute atomic E-state index is 0.156. The molecule has 1 amide bonds. The Bertz CT molecular complexity index is 685. The van der Waals surface area contributed by atoms with Crippen LogP contribution in [0.15, 0.2) is 18.2 Å².